The maximum Gasteiger partial charge on any atom is 0.234 e. The molecule has 5 heteroatoms. The SMILES string of the molecule is CC(C)Oc1cncc(NC2CCCNC2C)n1. The summed E-state index contributed by atoms with van der Waals surface area (Å²) in [6.45, 7) is 7.25. The van der Waals surface area contributed by atoms with E-state index in [9.17, 15) is 0 Å². The fourth-order valence-electron chi connectivity index (χ4n) is 2.15. The van der Waals surface area contributed by atoms with E-state index < -0.39 is 0 Å². The summed E-state index contributed by atoms with van der Waals surface area (Å²) in [6.07, 6.45) is 5.86. The molecule has 1 aliphatic rings. The molecule has 5 nitrogen and oxygen atoms in total. The minimum atomic E-state index is 0.116. The second kappa shape index (κ2) is 6.00. The summed E-state index contributed by atoms with van der Waals surface area (Å²) in [5.41, 5.74) is 0. The molecule has 0 bridgehead atoms. The van der Waals surface area contributed by atoms with Gasteiger partial charge < -0.3 is 15.4 Å². The van der Waals surface area contributed by atoms with Crippen LogP contribution in [0.1, 0.15) is 33.6 Å². The van der Waals surface area contributed by atoms with Crippen LogP contribution >= 0.6 is 0 Å². The summed E-state index contributed by atoms with van der Waals surface area (Å²) in [7, 11) is 0. The largest absolute Gasteiger partial charge is 0.474 e. The zero-order chi connectivity index (χ0) is 13.0. The Kier molecular flexibility index (Phi) is 4.36. The highest BCUT2D eigenvalue weighted by atomic mass is 16.5. The van der Waals surface area contributed by atoms with Crippen molar-refractivity contribution in [3.05, 3.63) is 12.4 Å². The van der Waals surface area contributed by atoms with Gasteiger partial charge in [-0.15, -0.1) is 0 Å². The Balaban J connectivity index is 1.99. The monoisotopic (exact) mass is 250 g/mol. The lowest BCUT2D eigenvalue weighted by atomic mass is 10.00. The first-order chi connectivity index (χ1) is 8.65. The van der Waals surface area contributed by atoms with Crippen molar-refractivity contribution in [2.24, 2.45) is 0 Å². The molecule has 2 heterocycles. The van der Waals surface area contributed by atoms with Crippen LogP contribution in [0.15, 0.2) is 12.4 Å². The molecule has 18 heavy (non-hydrogen) atoms. The van der Waals surface area contributed by atoms with Crippen LogP contribution in [0.5, 0.6) is 5.88 Å². The average molecular weight is 250 g/mol. The molecule has 1 aromatic rings. The predicted molar refractivity (Wildman–Crippen MR) is 71.9 cm³/mol. The van der Waals surface area contributed by atoms with Gasteiger partial charge in [-0.3, -0.25) is 4.98 Å². The fraction of sp³-hybridized carbons (Fsp3) is 0.692. The van der Waals surface area contributed by atoms with Crippen LogP contribution < -0.4 is 15.4 Å². The maximum absolute atomic E-state index is 5.54. The zero-order valence-electron chi connectivity index (χ0n) is 11.3. The van der Waals surface area contributed by atoms with Gasteiger partial charge in [0.25, 0.3) is 0 Å². The quantitative estimate of drug-likeness (QED) is 0.853. The molecule has 0 saturated carbocycles. The van der Waals surface area contributed by atoms with Gasteiger partial charge in [-0.05, 0) is 40.2 Å². The molecule has 0 aromatic carbocycles. The first-order valence-electron chi connectivity index (χ1n) is 6.64. The Labute approximate surface area is 108 Å². The molecule has 1 aliphatic heterocycles. The first-order valence-corrected chi connectivity index (χ1v) is 6.64. The highest BCUT2D eigenvalue weighted by Gasteiger charge is 2.20. The van der Waals surface area contributed by atoms with Gasteiger partial charge in [0.1, 0.15) is 5.82 Å². The van der Waals surface area contributed by atoms with Gasteiger partial charge in [0.2, 0.25) is 5.88 Å². The third kappa shape index (κ3) is 3.57. The lowest BCUT2D eigenvalue weighted by Gasteiger charge is -2.30. The summed E-state index contributed by atoms with van der Waals surface area (Å²) < 4.78 is 5.54. The molecule has 2 atom stereocenters. The molecular weight excluding hydrogens is 228 g/mol. The Bertz CT molecular complexity index is 383. The summed E-state index contributed by atoms with van der Waals surface area (Å²) in [4.78, 5) is 8.58. The van der Waals surface area contributed by atoms with Crippen molar-refractivity contribution in [2.45, 2.75) is 51.8 Å². The molecule has 0 radical (unpaired) electrons. The Morgan fingerprint density at radius 3 is 3.00 bits per heavy atom. The lowest BCUT2D eigenvalue weighted by Crippen LogP contribution is -2.46. The van der Waals surface area contributed by atoms with E-state index in [4.69, 9.17) is 4.74 Å². The van der Waals surface area contributed by atoms with Gasteiger partial charge in [0.05, 0.1) is 18.5 Å². The standard InChI is InChI=1S/C13H22N4O/c1-9(2)18-13-8-14-7-12(17-13)16-11-5-4-6-15-10(11)3/h7-11,15H,4-6H2,1-3H3,(H,16,17). The van der Waals surface area contributed by atoms with Crippen LogP contribution in [0, 0.1) is 0 Å². The van der Waals surface area contributed by atoms with Crippen LogP contribution in [0.25, 0.3) is 0 Å². The summed E-state index contributed by atoms with van der Waals surface area (Å²) in [5, 5.41) is 6.89. The second-order valence-electron chi connectivity index (χ2n) is 5.05. The van der Waals surface area contributed by atoms with E-state index in [1.165, 1.54) is 6.42 Å². The second-order valence-corrected chi connectivity index (χ2v) is 5.05. The minimum absolute atomic E-state index is 0.116. The zero-order valence-corrected chi connectivity index (χ0v) is 11.3. The highest BCUT2D eigenvalue weighted by molar-refractivity contribution is 5.35. The van der Waals surface area contributed by atoms with Gasteiger partial charge in [0, 0.05) is 12.1 Å². The number of rotatable bonds is 4. The van der Waals surface area contributed by atoms with E-state index >= 15 is 0 Å². The molecule has 1 saturated heterocycles. The maximum atomic E-state index is 5.54. The molecule has 2 N–H and O–H groups in total. The smallest absolute Gasteiger partial charge is 0.234 e. The number of piperidine rings is 1. The van der Waals surface area contributed by atoms with Crippen LogP contribution in [-0.4, -0.2) is 34.7 Å². The van der Waals surface area contributed by atoms with Crippen LogP contribution in [0.3, 0.4) is 0 Å². The number of anilines is 1. The number of hydrogen-bond acceptors (Lipinski definition) is 5. The average Bonchev–Trinajstić information content (AvgIpc) is 2.32. The molecule has 2 rings (SSSR count). The Hall–Kier alpha value is -1.36. The van der Waals surface area contributed by atoms with E-state index in [1.54, 1.807) is 12.4 Å². The summed E-state index contributed by atoms with van der Waals surface area (Å²) in [5.74, 6) is 1.36. The molecule has 0 amide bonds. The molecule has 100 valence electrons. The van der Waals surface area contributed by atoms with Crippen molar-refractivity contribution in [3.63, 3.8) is 0 Å². The van der Waals surface area contributed by atoms with E-state index in [2.05, 4.69) is 27.5 Å². The normalized spacial score (nSPS) is 24.0. The molecular formula is C13H22N4O. The third-order valence-electron chi connectivity index (χ3n) is 3.06. The van der Waals surface area contributed by atoms with Crippen molar-refractivity contribution < 1.29 is 4.74 Å². The number of hydrogen-bond donors (Lipinski definition) is 2. The van der Waals surface area contributed by atoms with Crippen molar-refractivity contribution in [1.82, 2.24) is 15.3 Å². The van der Waals surface area contributed by atoms with Crippen LogP contribution in [-0.2, 0) is 0 Å². The van der Waals surface area contributed by atoms with Gasteiger partial charge in [-0.2, -0.15) is 4.98 Å². The Morgan fingerprint density at radius 1 is 1.44 bits per heavy atom. The fourth-order valence-corrected chi connectivity index (χ4v) is 2.15. The van der Waals surface area contributed by atoms with Crippen molar-refractivity contribution in [3.8, 4) is 5.88 Å². The number of nitrogens with one attached hydrogen (secondary N) is 2. The van der Waals surface area contributed by atoms with Crippen LogP contribution in [0.4, 0.5) is 5.82 Å². The predicted octanol–water partition coefficient (Wildman–Crippen LogP) is 1.82. The summed E-state index contributed by atoms with van der Waals surface area (Å²) in [6, 6.07) is 0.859. The highest BCUT2D eigenvalue weighted by Crippen LogP contribution is 2.16. The van der Waals surface area contributed by atoms with E-state index in [1.807, 2.05) is 13.8 Å². The van der Waals surface area contributed by atoms with Crippen molar-refractivity contribution in [2.75, 3.05) is 11.9 Å². The van der Waals surface area contributed by atoms with Gasteiger partial charge in [0.15, 0.2) is 0 Å². The van der Waals surface area contributed by atoms with Gasteiger partial charge >= 0.3 is 0 Å². The van der Waals surface area contributed by atoms with E-state index in [0.717, 1.165) is 18.8 Å². The van der Waals surface area contributed by atoms with Crippen LogP contribution in [0.2, 0.25) is 0 Å². The molecule has 0 spiro atoms. The minimum Gasteiger partial charge on any atom is -0.474 e. The van der Waals surface area contributed by atoms with Gasteiger partial charge in [-0.25, -0.2) is 0 Å². The lowest BCUT2D eigenvalue weighted by molar-refractivity contribution is 0.232. The molecule has 1 fully saturated rings. The number of nitrogens with zero attached hydrogens (tertiary/aromatic N) is 2. The van der Waals surface area contributed by atoms with E-state index in [-0.39, 0.29) is 6.10 Å². The summed E-state index contributed by atoms with van der Waals surface area (Å²) >= 11 is 0. The topological polar surface area (TPSA) is 59.1 Å². The number of ether oxygens (including phenoxy) is 1. The molecule has 2 unspecified atom stereocenters. The molecule has 0 aliphatic carbocycles. The Morgan fingerprint density at radius 2 is 2.28 bits per heavy atom. The molecule has 1 aromatic heterocycles. The number of aromatic nitrogens is 2. The van der Waals surface area contributed by atoms with Crippen molar-refractivity contribution >= 4 is 5.82 Å². The third-order valence-corrected chi connectivity index (χ3v) is 3.06. The van der Waals surface area contributed by atoms with E-state index in [0.29, 0.717) is 18.0 Å². The van der Waals surface area contributed by atoms with Gasteiger partial charge in [-0.1, -0.05) is 0 Å². The first kappa shape index (κ1) is 13.1. The van der Waals surface area contributed by atoms with Crippen molar-refractivity contribution in [1.29, 1.82) is 0 Å².